The number of likely N-dealkylation sites (tertiary alicyclic amines) is 1. The van der Waals surface area contributed by atoms with Crippen molar-refractivity contribution < 1.29 is 18.7 Å². The SMILES string of the molecule is CNC(=O)COC(=O)NCCC1CCN(Cc2cccc(Cl)c2F)CC1. The molecular weight excluding hydrogens is 361 g/mol. The quantitative estimate of drug-likeness (QED) is 0.756. The van der Waals surface area contributed by atoms with Crippen LogP contribution in [0, 0.1) is 11.7 Å². The van der Waals surface area contributed by atoms with Gasteiger partial charge in [-0.25, -0.2) is 9.18 Å². The molecule has 8 heteroatoms. The van der Waals surface area contributed by atoms with Crippen LogP contribution in [0.5, 0.6) is 0 Å². The fourth-order valence-corrected chi connectivity index (χ4v) is 3.17. The third-order valence-corrected chi connectivity index (χ3v) is 4.86. The van der Waals surface area contributed by atoms with Crippen LogP contribution < -0.4 is 10.6 Å². The molecule has 2 rings (SSSR count). The second kappa shape index (κ2) is 10.3. The summed E-state index contributed by atoms with van der Waals surface area (Å²) < 4.78 is 18.7. The van der Waals surface area contributed by atoms with Gasteiger partial charge in [-0.05, 0) is 44.3 Å². The predicted molar refractivity (Wildman–Crippen MR) is 97.4 cm³/mol. The van der Waals surface area contributed by atoms with Crippen molar-refractivity contribution in [3.8, 4) is 0 Å². The zero-order valence-electron chi connectivity index (χ0n) is 14.9. The Kier molecular flexibility index (Phi) is 8.12. The number of halogens is 2. The number of ether oxygens (including phenoxy) is 1. The normalized spacial score (nSPS) is 15.5. The number of nitrogens with one attached hydrogen (secondary N) is 2. The molecule has 1 saturated heterocycles. The third-order valence-electron chi connectivity index (χ3n) is 4.57. The highest BCUT2D eigenvalue weighted by Gasteiger charge is 2.20. The van der Waals surface area contributed by atoms with Crippen LogP contribution in [0.15, 0.2) is 18.2 Å². The molecule has 0 atom stereocenters. The summed E-state index contributed by atoms with van der Waals surface area (Å²) in [6.07, 6.45) is 2.27. The summed E-state index contributed by atoms with van der Waals surface area (Å²) in [6.45, 7) is 2.57. The van der Waals surface area contributed by atoms with Gasteiger partial charge >= 0.3 is 6.09 Å². The Morgan fingerprint density at radius 1 is 1.35 bits per heavy atom. The zero-order chi connectivity index (χ0) is 18.9. The molecular formula is C18H25ClFN3O3. The van der Waals surface area contributed by atoms with Gasteiger partial charge in [0.15, 0.2) is 6.61 Å². The molecule has 26 heavy (non-hydrogen) atoms. The largest absolute Gasteiger partial charge is 0.439 e. The first-order chi connectivity index (χ1) is 12.5. The average molecular weight is 386 g/mol. The molecule has 1 aliphatic rings. The van der Waals surface area contributed by atoms with E-state index in [1.807, 2.05) is 0 Å². The van der Waals surface area contributed by atoms with E-state index in [0.717, 1.165) is 32.4 Å². The maximum Gasteiger partial charge on any atom is 0.407 e. The molecule has 1 heterocycles. The average Bonchev–Trinajstić information content (AvgIpc) is 2.65. The van der Waals surface area contributed by atoms with Crippen molar-refractivity contribution in [2.75, 3.05) is 33.3 Å². The maximum atomic E-state index is 14.0. The summed E-state index contributed by atoms with van der Waals surface area (Å²) in [7, 11) is 1.48. The number of hydrogen-bond acceptors (Lipinski definition) is 4. The maximum absolute atomic E-state index is 14.0. The number of carbonyl (C=O) groups excluding carboxylic acids is 2. The zero-order valence-corrected chi connectivity index (χ0v) is 15.7. The number of piperidine rings is 1. The Hall–Kier alpha value is -1.86. The molecule has 144 valence electrons. The van der Waals surface area contributed by atoms with Crippen LogP contribution in [0.25, 0.3) is 0 Å². The Bertz CT molecular complexity index is 622. The number of amides is 2. The van der Waals surface area contributed by atoms with E-state index in [2.05, 4.69) is 15.5 Å². The Labute approximate surface area is 158 Å². The Morgan fingerprint density at radius 3 is 2.77 bits per heavy atom. The summed E-state index contributed by atoms with van der Waals surface area (Å²) in [5.74, 6) is -0.172. The van der Waals surface area contributed by atoms with E-state index in [0.29, 0.717) is 24.6 Å². The summed E-state index contributed by atoms with van der Waals surface area (Å²) in [6, 6.07) is 5.09. The van der Waals surface area contributed by atoms with Crippen molar-refractivity contribution in [1.29, 1.82) is 0 Å². The number of nitrogens with zero attached hydrogens (tertiary/aromatic N) is 1. The van der Waals surface area contributed by atoms with Crippen LogP contribution in [0.3, 0.4) is 0 Å². The topological polar surface area (TPSA) is 70.7 Å². The van der Waals surface area contributed by atoms with Crippen LogP contribution in [-0.2, 0) is 16.1 Å². The summed E-state index contributed by atoms with van der Waals surface area (Å²) in [5.41, 5.74) is 0.622. The van der Waals surface area contributed by atoms with Crippen molar-refractivity contribution in [1.82, 2.24) is 15.5 Å². The molecule has 2 N–H and O–H groups in total. The van der Waals surface area contributed by atoms with Gasteiger partial charge in [0.1, 0.15) is 5.82 Å². The van der Waals surface area contributed by atoms with Crippen molar-refractivity contribution in [3.63, 3.8) is 0 Å². The van der Waals surface area contributed by atoms with Gasteiger partial charge in [0.05, 0.1) is 5.02 Å². The second-order valence-corrected chi connectivity index (χ2v) is 6.80. The summed E-state index contributed by atoms with van der Waals surface area (Å²) in [5, 5.41) is 5.19. The minimum Gasteiger partial charge on any atom is -0.439 e. The van der Waals surface area contributed by atoms with E-state index in [-0.39, 0.29) is 23.4 Å². The number of rotatable bonds is 7. The van der Waals surface area contributed by atoms with Gasteiger partial charge in [0, 0.05) is 25.7 Å². The molecule has 2 amide bonds. The van der Waals surface area contributed by atoms with Gasteiger partial charge in [-0.2, -0.15) is 0 Å². The first-order valence-corrected chi connectivity index (χ1v) is 9.14. The van der Waals surface area contributed by atoms with Gasteiger partial charge in [0.2, 0.25) is 0 Å². The van der Waals surface area contributed by atoms with Crippen LogP contribution in [-0.4, -0.2) is 50.2 Å². The molecule has 1 fully saturated rings. The van der Waals surface area contributed by atoms with E-state index in [1.165, 1.54) is 7.05 Å². The van der Waals surface area contributed by atoms with Gasteiger partial charge in [-0.15, -0.1) is 0 Å². The van der Waals surface area contributed by atoms with Crippen LogP contribution in [0.2, 0.25) is 5.02 Å². The van der Waals surface area contributed by atoms with Crippen LogP contribution in [0.4, 0.5) is 9.18 Å². The standard InChI is InChI=1S/C18H25ClFN3O3/c1-21-16(24)12-26-18(25)22-8-5-13-6-9-23(10-7-13)11-14-3-2-4-15(19)17(14)20/h2-4,13H,5-12H2,1H3,(H,21,24)(H,22,25). The Balaban J connectivity index is 1.63. The minimum atomic E-state index is -0.581. The molecule has 6 nitrogen and oxygen atoms in total. The monoisotopic (exact) mass is 385 g/mol. The fourth-order valence-electron chi connectivity index (χ4n) is 2.98. The van der Waals surface area contributed by atoms with Crippen molar-refractivity contribution in [2.45, 2.75) is 25.8 Å². The van der Waals surface area contributed by atoms with E-state index in [4.69, 9.17) is 16.3 Å². The highest BCUT2D eigenvalue weighted by atomic mass is 35.5. The molecule has 0 aromatic heterocycles. The minimum absolute atomic E-state index is 0.159. The number of hydrogen-bond donors (Lipinski definition) is 2. The molecule has 1 aliphatic heterocycles. The van der Waals surface area contributed by atoms with Crippen LogP contribution in [0.1, 0.15) is 24.8 Å². The number of benzene rings is 1. The molecule has 1 aromatic carbocycles. The van der Waals surface area contributed by atoms with Gasteiger partial charge in [-0.3, -0.25) is 9.69 Å². The fraction of sp³-hybridized carbons (Fsp3) is 0.556. The number of carbonyl (C=O) groups is 2. The Morgan fingerprint density at radius 2 is 2.08 bits per heavy atom. The third kappa shape index (κ3) is 6.46. The van der Waals surface area contributed by atoms with Crippen molar-refractivity contribution >= 4 is 23.6 Å². The first kappa shape index (κ1) is 20.5. The lowest BCUT2D eigenvalue weighted by Gasteiger charge is -2.32. The summed E-state index contributed by atoms with van der Waals surface area (Å²) in [4.78, 5) is 24.7. The van der Waals surface area contributed by atoms with Gasteiger partial charge < -0.3 is 15.4 Å². The molecule has 0 bridgehead atoms. The lowest BCUT2D eigenvalue weighted by molar-refractivity contribution is -0.123. The van der Waals surface area contributed by atoms with Crippen molar-refractivity contribution in [3.05, 3.63) is 34.6 Å². The van der Waals surface area contributed by atoms with Gasteiger partial charge in [-0.1, -0.05) is 23.7 Å². The van der Waals surface area contributed by atoms with E-state index >= 15 is 0 Å². The first-order valence-electron chi connectivity index (χ1n) is 8.76. The highest BCUT2D eigenvalue weighted by molar-refractivity contribution is 6.30. The molecule has 0 spiro atoms. The molecule has 0 radical (unpaired) electrons. The van der Waals surface area contributed by atoms with E-state index in [9.17, 15) is 14.0 Å². The number of alkyl carbamates (subject to hydrolysis) is 1. The van der Waals surface area contributed by atoms with Crippen molar-refractivity contribution in [2.24, 2.45) is 5.92 Å². The van der Waals surface area contributed by atoms with Gasteiger partial charge in [0.25, 0.3) is 5.91 Å². The predicted octanol–water partition coefficient (Wildman–Crippen LogP) is 2.55. The smallest absolute Gasteiger partial charge is 0.407 e. The molecule has 1 aromatic rings. The lowest BCUT2D eigenvalue weighted by Crippen LogP contribution is -2.35. The van der Waals surface area contributed by atoms with Crippen LogP contribution >= 0.6 is 11.6 Å². The molecule has 0 aliphatic carbocycles. The number of likely N-dealkylation sites (N-methyl/N-ethyl adjacent to an activating group) is 1. The highest BCUT2D eigenvalue weighted by Crippen LogP contribution is 2.24. The van der Waals surface area contributed by atoms with E-state index in [1.54, 1.807) is 18.2 Å². The lowest BCUT2D eigenvalue weighted by atomic mass is 9.93. The summed E-state index contributed by atoms with van der Waals surface area (Å²) >= 11 is 5.83. The van der Waals surface area contributed by atoms with E-state index < -0.39 is 6.09 Å². The second-order valence-electron chi connectivity index (χ2n) is 6.40. The molecule has 0 saturated carbocycles. The molecule has 0 unspecified atom stereocenters.